The van der Waals surface area contributed by atoms with Crippen molar-refractivity contribution in [2.75, 3.05) is 60.0 Å². The van der Waals surface area contributed by atoms with Gasteiger partial charge in [0.15, 0.2) is 5.96 Å². The highest BCUT2D eigenvalue weighted by molar-refractivity contribution is 14.0. The zero-order chi connectivity index (χ0) is 22.3. The molecule has 2 atom stereocenters. The number of aliphatic imine (C=N–C) groups is 1. The average Bonchev–Trinajstić information content (AvgIpc) is 3.42. The number of nitrogens with one attached hydrogen (secondary N) is 2. The third-order valence-corrected chi connectivity index (χ3v) is 6.08. The van der Waals surface area contributed by atoms with E-state index in [1.54, 1.807) is 14.2 Å². The van der Waals surface area contributed by atoms with Gasteiger partial charge in [-0.05, 0) is 62.5 Å². The Hall–Kier alpha value is -1.27. The first-order chi connectivity index (χ1) is 14.9. The number of guanidine groups is 1. The first kappa shape index (κ1) is 27.0. The minimum absolute atomic E-state index is 0. The molecule has 1 aromatic carbocycles. The zero-order valence-corrected chi connectivity index (χ0v) is 21.2. The maximum Gasteiger partial charge on any atom is 0.401 e. The summed E-state index contributed by atoms with van der Waals surface area (Å²) in [5.41, 5.74) is 1.20. The number of likely N-dealkylation sites (tertiary alicyclic amines) is 2. The molecule has 2 saturated heterocycles. The Bertz CT molecular complexity index is 728. The van der Waals surface area contributed by atoms with Crippen molar-refractivity contribution in [3.8, 4) is 5.75 Å². The molecule has 0 bridgehead atoms. The molecule has 3 rings (SSSR count). The Morgan fingerprint density at radius 2 is 1.97 bits per heavy atom. The maximum atomic E-state index is 12.6. The van der Waals surface area contributed by atoms with E-state index in [1.165, 1.54) is 23.3 Å². The summed E-state index contributed by atoms with van der Waals surface area (Å²) in [5, 5.41) is 6.72. The smallest absolute Gasteiger partial charge is 0.401 e. The summed E-state index contributed by atoms with van der Waals surface area (Å²) in [4.78, 5) is 8.27. The van der Waals surface area contributed by atoms with Gasteiger partial charge in [0, 0.05) is 26.7 Å². The lowest BCUT2D eigenvalue weighted by molar-refractivity contribution is -0.143. The quantitative estimate of drug-likeness (QED) is 0.285. The van der Waals surface area contributed by atoms with E-state index >= 15 is 0 Å². The summed E-state index contributed by atoms with van der Waals surface area (Å²) in [5.74, 6) is 1.71. The number of methoxy groups -OCH3 is 1. The standard InChI is InChI=1S/C22H34F3N5O.HI/c1-26-21(27-13-17-8-11-29(15-17)16-22(23,24)25)28-14-20(30-9-3-4-10-30)18-6-5-7-19(12-18)31-2;/h5-7,12,17,20H,3-4,8-11,13-16H2,1-2H3,(H2,26,27,28);1H. The Kier molecular flexibility index (Phi) is 10.8. The molecule has 32 heavy (non-hydrogen) atoms. The lowest BCUT2D eigenvalue weighted by Crippen LogP contribution is -2.44. The van der Waals surface area contributed by atoms with Gasteiger partial charge in [0.05, 0.1) is 19.7 Å². The van der Waals surface area contributed by atoms with Crippen molar-refractivity contribution in [2.45, 2.75) is 31.5 Å². The Balaban J connectivity index is 0.00000363. The minimum Gasteiger partial charge on any atom is -0.497 e. The predicted molar refractivity (Wildman–Crippen MR) is 132 cm³/mol. The molecule has 2 heterocycles. The Labute approximate surface area is 206 Å². The molecular weight excluding hydrogens is 534 g/mol. The van der Waals surface area contributed by atoms with E-state index in [-0.39, 0.29) is 35.9 Å². The van der Waals surface area contributed by atoms with Gasteiger partial charge in [0.1, 0.15) is 5.75 Å². The van der Waals surface area contributed by atoms with E-state index in [1.807, 2.05) is 12.1 Å². The first-order valence-electron chi connectivity index (χ1n) is 11.0. The van der Waals surface area contributed by atoms with Crippen LogP contribution < -0.4 is 15.4 Å². The second-order valence-electron chi connectivity index (χ2n) is 8.37. The van der Waals surface area contributed by atoms with Gasteiger partial charge >= 0.3 is 6.18 Å². The van der Waals surface area contributed by atoms with Gasteiger partial charge in [-0.2, -0.15) is 13.2 Å². The summed E-state index contributed by atoms with van der Waals surface area (Å²) >= 11 is 0. The van der Waals surface area contributed by atoms with Crippen LogP contribution in [0.2, 0.25) is 0 Å². The molecule has 2 aliphatic rings. The molecule has 0 spiro atoms. The number of nitrogens with zero attached hydrogens (tertiary/aromatic N) is 3. The van der Waals surface area contributed by atoms with E-state index in [9.17, 15) is 13.2 Å². The van der Waals surface area contributed by atoms with Crippen molar-refractivity contribution in [1.82, 2.24) is 20.4 Å². The van der Waals surface area contributed by atoms with Crippen molar-refractivity contribution in [3.63, 3.8) is 0 Å². The Morgan fingerprint density at radius 1 is 1.22 bits per heavy atom. The summed E-state index contributed by atoms with van der Waals surface area (Å²) in [6.45, 7) is 3.56. The fraction of sp³-hybridized carbons (Fsp3) is 0.682. The van der Waals surface area contributed by atoms with Crippen LogP contribution in [0.3, 0.4) is 0 Å². The molecule has 2 fully saturated rings. The van der Waals surface area contributed by atoms with Crippen LogP contribution in [-0.4, -0.2) is 81.9 Å². The molecule has 0 aliphatic carbocycles. The molecule has 0 amide bonds. The van der Waals surface area contributed by atoms with Gasteiger partial charge in [-0.3, -0.25) is 14.8 Å². The van der Waals surface area contributed by atoms with Crippen molar-refractivity contribution in [2.24, 2.45) is 10.9 Å². The molecule has 2 aliphatic heterocycles. The molecule has 0 saturated carbocycles. The largest absolute Gasteiger partial charge is 0.497 e. The van der Waals surface area contributed by atoms with Gasteiger partial charge < -0.3 is 15.4 Å². The monoisotopic (exact) mass is 569 g/mol. The summed E-state index contributed by atoms with van der Waals surface area (Å²) in [7, 11) is 3.39. The molecule has 6 nitrogen and oxygen atoms in total. The van der Waals surface area contributed by atoms with E-state index in [4.69, 9.17) is 4.74 Å². The third-order valence-electron chi connectivity index (χ3n) is 6.08. The normalized spacial score (nSPS) is 21.3. The molecule has 2 N–H and O–H groups in total. The van der Waals surface area contributed by atoms with Gasteiger partial charge in [-0.15, -0.1) is 24.0 Å². The fourth-order valence-electron chi connectivity index (χ4n) is 4.49. The van der Waals surface area contributed by atoms with Crippen LogP contribution in [0.5, 0.6) is 5.75 Å². The zero-order valence-electron chi connectivity index (χ0n) is 18.8. The molecule has 0 aromatic heterocycles. The Morgan fingerprint density at radius 3 is 2.62 bits per heavy atom. The number of benzene rings is 1. The number of ether oxygens (including phenoxy) is 1. The van der Waals surface area contributed by atoms with Crippen LogP contribution in [-0.2, 0) is 0 Å². The second-order valence-corrected chi connectivity index (χ2v) is 8.37. The fourth-order valence-corrected chi connectivity index (χ4v) is 4.49. The van der Waals surface area contributed by atoms with Crippen LogP contribution in [0.1, 0.15) is 30.9 Å². The second kappa shape index (κ2) is 12.8. The number of alkyl halides is 3. The lowest BCUT2D eigenvalue weighted by Gasteiger charge is -2.29. The molecule has 182 valence electrons. The average molecular weight is 569 g/mol. The molecule has 0 radical (unpaired) electrons. The molecule has 1 aromatic rings. The van der Waals surface area contributed by atoms with Crippen LogP contribution in [0.25, 0.3) is 0 Å². The highest BCUT2D eigenvalue weighted by Crippen LogP contribution is 2.27. The van der Waals surface area contributed by atoms with E-state index < -0.39 is 12.7 Å². The summed E-state index contributed by atoms with van der Waals surface area (Å²) in [6, 6.07) is 8.36. The van der Waals surface area contributed by atoms with E-state index in [0.29, 0.717) is 32.1 Å². The van der Waals surface area contributed by atoms with Crippen molar-refractivity contribution >= 4 is 29.9 Å². The number of hydrogen-bond acceptors (Lipinski definition) is 4. The van der Waals surface area contributed by atoms with Crippen LogP contribution >= 0.6 is 24.0 Å². The minimum atomic E-state index is -4.13. The summed E-state index contributed by atoms with van der Waals surface area (Å²) in [6.07, 6.45) is -0.974. The number of rotatable bonds is 8. The molecule has 2 unspecified atom stereocenters. The lowest BCUT2D eigenvalue weighted by atomic mass is 10.1. The van der Waals surface area contributed by atoms with Crippen LogP contribution in [0.15, 0.2) is 29.3 Å². The van der Waals surface area contributed by atoms with Crippen LogP contribution in [0, 0.1) is 5.92 Å². The number of halogens is 4. The van der Waals surface area contributed by atoms with Gasteiger partial charge in [0.25, 0.3) is 0 Å². The van der Waals surface area contributed by atoms with Crippen LogP contribution in [0.4, 0.5) is 13.2 Å². The van der Waals surface area contributed by atoms with Gasteiger partial charge in [-0.25, -0.2) is 0 Å². The SMILES string of the molecule is CN=C(NCC1CCN(CC(F)(F)F)C1)NCC(c1cccc(OC)c1)N1CCCC1.I. The van der Waals surface area contributed by atoms with Gasteiger partial charge in [0.2, 0.25) is 0 Å². The topological polar surface area (TPSA) is 52.1 Å². The van der Waals surface area contributed by atoms with Crippen molar-refractivity contribution in [1.29, 1.82) is 0 Å². The number of hydrogen-bond donors (Lipinski definition) is 2. The predicted octanol–water partition coefficient (Wildman–Crippen LogP) is 3.50. The maximum absolute atomic E-state index is 12.6. The highest BCUT2D eigenvalue weighted by atomic mass is 127. The van der Waals surface area contributed by atoms with E-state index in [0.717, 1.165) is 25.3 Å². The van der Waals surface area contributed by atoms with Crippen molar-refractivity contribution in [3.05, 3.63) is 29.8 Å². The molecular formula is C22H35F3IN5O. The highest BCUT2D eigenvalue weighted by Gasteiger charge is 2.34. The van der Waals surface area contributed by atoms with Crippen molar-refractivity contribution < 1.29 is 17.9 Å². The van der Waals surface area contributed by atoms with Gasteiger partial charge in [-0.1, -0.05) is 12.1 Å². The van der Waals surface area contributed by atoms with E-state index in [2.05, 4.69) is 32.7 Å². The third kappa shape index (κ3) is 8.26. The summed E-state index contributed by atoms with van der Waals surface area (Å²) < 4.78 is 43.2. The molecule has 10 heteroatoms. The first-order valence-corrected chi connectivity index (χ1v) is 11.0.